The number of thioether (sulfide) groups is 1. The van der Waals surface area contributed by atoms with Crippen molar-refractivity contribution in [1.82, 2.24) is 9.97 Å². The Morgan fingerprint density at radius 1 is 1.11 bits per heavy atom. The summed E-state index contributed by atoms with van der Waals surface area (Å²) in [6.45, 7) is 0. The first kappa shape index (κ1) is 30.0. The second-order valence-electron chi connectivity index (χ2n) is 8.28. The highest BCUT2D eigenvalue weighted by Gasteiger charge is 2.38. The number of benzene rings is 1. The van der Waals surface area contributed by atoms with E-state index in [4.69, 9.17) is 33.1 Å². The van der Waals surface area contributed by atoms with Crippen molar-refractivity contribution in [2.75, 3.05) is 5.32 Å². The number of nitrogens with zero attached hydrogens (tertiary/aromatic N) is 2. The molecule has 1 aromatic carbocycles. The molecule has 2 heterocycles. The zero-order valence-electron chi connectivity index (χ0n) is 19.5. The summed E-state index contributed by atoms with van der Waals surface area (Å²) < 4.78 is 31.7. The fourth-order valence-corrected chi connectivity index (χ4v) is 6.35. The van der Waals surface area contributed by atoms with E-state index in [9.17, 15) is 23.1 Å². The molecule has 14 heteroatoms. The monoisotopic (exact) mass is 607 g/mol. The van der Waals surface area contributed by atoms with Crippen LogP contribution in [-0.2, 0) is 16.0 Å². The van der Waals surface area contributed by atoms with Gasteiger partial charge in [-0.3, -0.25) is 9.78 Å². The third kappa shape index (κ3) is 8.48. The van der Waals surface area contributed by atoms with Gasteiger partial charge in [-0.25, -0.2) is 9.78 Å². The van der Waals surface area contributed by atoms with Gasteiger partial charge in [0.15, 0.2) is 5.13 Å². The number of aromatic nitrogens is 2. The van der Waals surface area contributed by atoms with Crippen LogP contribution >= 0.6 is 46.3 Å². The van der Waals surface area contributed by atoms with Crippen molar-refractivity contribution in [1.29, 1.82) is 0 Å². The third-order valence-electron chi connectivity index (χ3n) is 5.72. The van der Waals surface area contributed by atoms with Crippen molar-refractivity contribution >= 4 is 69.1 Å². The number of halogens is 5. The molecule has 38 heavy (non-hydrogen) atoms. The van der Waals surface area contributed by atoms with Crippen LogP contribution in [0.2, 0.25) is 10.0 Å². The number of hydrogen-bond donors (Lipinski definition) is 3. The molecule has 0 bridgehead atoms. The molecule has 2 aromatic heterocycles. The van der Waals surface area contributed by atoms with Crippen molar-refractivity contribution < 1.29 is 33.0 Å². The predicted molar refractivity (Wildman–Crippen MR) is 142 cm³/mol. The summed E-state index contributed by atoms with van der Waals surface area (Å²) in [6, 6.07) is 9.46. The highest BCUT2D eigenvalue weighted by molar-refractivity contribution is 8.00. The van der Waals surface area contributed by atoms with Crippen molar-refractivity contribution in [3.8, 4) is 0 Å². The number of anilines is 2. The highest BCUT2D eigenvalue weighted by Crippen LogP contribution is 2.44. The summed E-state index contributed by atoms with van der Waals surface area (Å²) in [4.78, 5) is 30.6. The van der Waals surface area contributed by atoms with Gasteiger partial charge >= 0.3 is 18.1 Å². The summed E-state index contributed by atoms with van der Waals surface area (Å²) in [6.07, 6.45) is 1.24. The van der Waals surface area contributed by atoms with Gasteiger partial charge in [0.1, 0.15) is 0 Å². The molecule has 204 valence electrons. The van der Waals surface area contributed by atoms with E-state index in [1.54, 1.807) is 30.2 Å². The van der Waals surface area contributed by atoms with Crippen LogP contribution in [0, 0.1) is 11.8 Å². The summed E-state index contributed by atoms with van der Waals surface area (Å²) in [7, 11) is 0. The van der Waals surface area contributed by atoms with Gasteiger partial charge in [0, 0.05) is 27.9 Å². The molecule has 0 aliphatic heterocycles. The molecule has 7 nitrogen and oxygen atoms in total. The molecule has 0 saturated heterocycles. The Hall–Kier alpha value is -2.54. The van der Waals surface area contributed by atoms with E-state index < -0.39 is 18.1 Å². The van der Waals surface area contributed by atoms with Crippen molar-refractivity contribution in [3.63, 3.8) is 0 Å². The number of hydrogen-bond acceptors (Lipinski definition) is 7. The molecule has 0 spiro atoms. The number of carboxylic acids is 2. The second kappa shape index (κ2) is 13.5. The molecule has 1 saturated carbocycles. The highest BCUT2D eigenvalue weighted by atomic mass is 35.5. The van der Waals surface area contributed by atoms with E-state index in [-0.39, 0.29) is 17.1 Å². The topological polar surface area (TPSA) is 112 Å². The first-order chi connectivity index (χ1) is 18.0. The molecule has 1 fully saturated rings. The van der Waals surface area contributed by atoms with Crippen LogP contribution in [0.5, 0.6) is 0 Å². The molecule has 1 aliphatic carbocycles. The molecule has 0 radical (unpaired) electrons. The van der Waals surface area contributed by atoms with Crippen LogP contribution in [0.4, 0.5) is 24.0 Å². The lowest BCUT2D eigenvalue weighted by molar-refractivity contribution is -0.192. The Kier molecular flexibility index (Phi) is 10.7. The molecule has 3 aromatic rings. The van der Waals surface area contributed by atoms with Gasteiger partial charge in [0.2, 0.25) is 0 Å². The van der Waals surface area contributed by atoms with E-state index in [1.807, 2.05) is 29.6 Å². The number of aliphatic carboxylic acids is 2. The maximum Gasteiger partial charge on any atom is 0.490 e. The number of thiazole rings is 1. The summed E-state index contributed by atoms with van der Waals surface area (Å²) >= 11 is 15.7. The first-order valence-electron chi connectivity index (χ1n) is 11.2. The van der Waals surface area contributed by atoms with E-state index in [2.05, 4.69) is 15.3 Å². The number of rotatable bonds is 7. The van der Waals surface area contributed by atoms with Crippen LogP contribution in [0.15, 0.2) is 53.0 Å². The minimum Gasteiger partial charge on any atom is -0.481 e. The predicted octanol–water partition coefficient (Wildman–Crippen LogP) is 7.43. The molecule has 3 N–H and O–H groups in total. The van der Waals surface area contributed by atoms with Gasteiger partial charge in [-0.05, 0) is 55.9 Å². The van der Waals surface area contributed by atoms with E-state index in [0.29, 0.717) is 22.9 Å². The van der Waals surface area contributed by atoms with Crippen LogP contribution < -0.4 is 5.32 Å². The Balaban J connectivity index is 0.000000505. The lowest BCUT2D eigenvalue weighted by Crippen LogP contribution is -2.33. The Bertz CT molecular complexity index is 1250. The van der Waals surface area contributed by atoms with Crippen molar-refractivity contribution in [2.24, 2.45) is 11.8 Å². The normalized spacial score (nSPS) is 19.2. The van der Waals surface area contributed by atoms with Crippen LogP contribution in [-0.4, -0.2) is 43.5 Å². The van der Waals surface area contributed by atoms with Gasteiger partial charge in [-0.15, -0.1) is 23.1 Å². The summed E-state index contributed by atoms with van der Waals surface area (Å²) in [5.74, 6) is -3.90. The van der Waals surface area contributed by atoms with Gasteiger partial charge < -0.3 is 15.5 Å². The largest absolute Gasteiger partial charge is 0.490 e. The lowest BCUT2D eigenvalue weighted by Gasteiger charge is -2.34. The van der Waals surface area contributed by atoms with E-state index >= 15 is 0 Å². The number of carbonyl (C=O) groups is 2. The number of nitrogens with one attached hydrogen (secondary N) is 1. The molecule has 0 amide bonds. The standard InChI is InChI=1S/C22H21Cl2N3O2S2.C2HF3O2/c23-16-3-1-5-19(20(16)24)31-14-6-7-15(21(28)29)13(11-14)12-18-17(4-2-8-25-18)27-22-26-9-10-30-22;3-2(4,5)1(6)7/h1-5,8-10,13-15H,6-7,11-12H2,(H,26,27)(H,28,29);(H,6,7)/t13?,14-,15-;/m0./s1. The molecule has 1 unspecified atom stereocenters. The first-order valence-corrected chi connectivity index (χ1v) is 13.7. The van der Waals surface area contributed by atoms with Gasteiger partial charge in [-0.1, -0.05) is 29.3 Å². The lowest BCUT2D eigenvalue weighted by atomic mass is 9.76. The van der Waals surface area contributed by atoms with Crippen molar-refractivity contribution in [2.45, 2.75) is 42.0 Å². The van der Waals surface area contributed by atoms with E-state index in [1.165, 1.54) is 11.3 Å². The summed E-state index contributed by atoms with van der Waals surface area (Å²) in [5.41, 5.74) is 1.73. The zero-order chi connectivity index (χ0) is 27.9. The average Bonchev–Trinajstić information content (AvgIpc) is 3.36. The molecular weight excluding hydrogens is 586 g/mol. The van der Waals surface area contributed by atoms with Gasteiger partial charge in [0.25, 0.3) is 0 Å². The maximum atomic E-state index is 12.0. The maximum absolute atomic E-state index is 12.0. The molecule has 4 rings (SSSR count). The Labute approximate surface area is 234 Å². The van der Waals surface area contributed by atoms with Gasteiger partial charge in [0.05, 0.1) is 27.3 Å². The summed E-state index contributed by atoms with van der Waals surface area (Å²) in [5, 5.41) is 24.3. The van der Waals surface area contributed by atoms with Crippen LogP contribution in [0.3, 0.4) is 0 Å². The molecular formula is C24H22Cl2F3N3O4S2. The molecule has 1 aliphatic rings. The number of carboxylic acid groups (broad SMARTS) is 2. The fraction of sp³-hybridized carbons (Fsp3) is 0.333. The smallest absolute Gasteiger partial charge is 0.481 e. The van der Waals surface area contributed by atoms with Crippen molar-refractivity contribution in [3.05, 3.63) is 63.8 Å². The van der Waals surface area contributed by atoms with Crippen LogP contribution in [0.1, 0.15) is 25.0 Å². The Morgan fingerprint density at radius 2 is 1.84 bits per heavy atom. The minimum absolute atomic E-state index is 0.0199. The average molecular weight is 608 g/mol. The van der Waals surface area contributed by atoms with Gasteiger partial charge in [-0.2, -0.15) is 13.2 Å². The van der Waals surface area contributed by atoms with E-state index in [0.717, 1.165) is 34.2 Å². The third-order valence-corrected chi connectivity index (χ3v) is 8.70. The quantitative estimate of drug-likeness (QED) is 0.254. The minimum atomic E-state index is -5.08. The number of alkyl halides is 3. The Morgan fingerprint density at radius 3 is 2.47 bits per heavy atom. The number of pyridine rings is 1. The fourth-order valence-electron chi connectivity index (χ4n) is 4.00. The zero-order valence-corrected chi connectivity index (χ0v) is 22.6. The molecule has 3 atom stereocenters. The second-order valence-corrected chi connectivity index (χ2v) is 11.3. The van der Waals surface area contributed by atoms with Crippen LogP contribution in [0.25, 0.3) is 0 Å². The SMILES string of the molecule is O=C(O)C(F)(F)F.O=C(O)[C@H]1CC[C@H](Sc2cccc(Cl)c2Cl)CC1Cc1ncccc1Nc1nccs1.